The number of thioether (sulfide) groups is 1. The fraction of sp³-hybridized carbons (Fsp3) is 0.409. The van der Waals surface area contributed by atoms with E-state index in [4.69, 9.17) is 4.74 Å². The number of ether oxygens (including phenoxy) is 1. The highest BCUT2D eigenvalue weighted by molar-refractivity contribution is 8.16. The Morgan fingerprint density at radius 3 is 2.52 bits per heavy atom. The minimum Gasteiger partial charge on any atom is -0.463 e. The minimum absolute atomic E-state index is 0.0345. The molecule has 2 aliphatic heterocycles. The zero-order valence-corrected chi connectivity index (χ0v) is 18.4. The van der Waals surface area contributed by atoms with E-state index >= 15 is 0 Å². The number of allylic oxidation sites excluding steroid dienone is 1. The lowest BCUT2D eigenvalue weighted by atomic mass is 9.93. The Morgan fingerprint density at radius 2 is 1.90 bits per heavy atom. The molecule has 0 N–H and O–H groups in total. The van der Waals surface area contributed by atoms with Gasteiger partial charge in [-0.1, -0.05) is 41.6 Å². The number of benzene rings is 1. The second-order valence-corrected chi connectivity index (χ2v) is 7.95. The molecular formula is C22H27N3O3S. The lowest BCUT2D eigenvalue weighted by molar-refractivity contribution is -0.139. The van der Waals surface area contributed by atoms with Gasteiger partial charge < -0.3 is 14.5 Å². The molecule has 1 aromatic carbocycles. The normalized spacial score (nSPS) is 18.2. The smallest absolute Gasteiger partial charge is 0.338 e. The van der Waals surface area contributed by atoms with E-state index in [0.29, 0.717) is 24.4 Å². The molecule has 0 aromatic heterocycles. The molecule has 2 heterocycles. The van der Waals surface area contributed by atoms with Crippen LogP contribution in [0.2, 0.25) is 0 Å². The fourth-order valence-electron chi connectivity index (χ4n) is 3.37. The summed E-state index contributed by atoms with van der Waals surface area (Å²) in [6.45, 7) is 8.55. The van der Waals surface area contributed by atoms with Crippen LogP contribution in [0.25, 0.3) is 0 Å². The summed E-state index contributed by atoms with van der Waals surface area (Å²) in [7, 11) is 1.79. The first-order chi connectivity index (χ1) is 13.9. The van der Waals surface area contributed by atoms with E-state index in [9.17, 15) is 9.59 Å². The van der Waals surface area contributed by atoms with Crippen molar-refractivity contribution >= 4 is 28.8 Å². The van der Waals surface area contributed by atoms with E-state index in [1.807, 2.05) is 55.3 Å². The van der Waals surface area contributed by atoms with E-state index in [0.717, 1.165) is 22.0 Å². The molecule has 29 heavy (non-hydrogen) atoms. The zero-order valence-electron chi connectivity index (χ0n) is 17.6. The topological polar surface area (TPSA) is 62.2 Å². The molecule has 3 rings (SSSR count). The number of amidine groups is 1. The van der Waals surface area contributed by atoms with Crippen molar-refractivity contribution in [3.8, 4) is 0 Å². The van der Waals surface area contributed by atoms with Crippen molar-refractivity contribution in [3.05, 3.63) is 57.8 Å². The first-order valence-electron chi connectivity index (χ1n) is 9.79. The Labute approximate surface area is 176 Å². The molecule has 0 spiro atoms. The largest absolute Gasteiger partial charge is 0.463 e. The predicted octanol–water partition coefficient (Wildman–Crippen LogP) is 4.00. The number of hydrogen-bond acceptors (Lipinski definition) is 6. The Hall–Kier alpha value is -2.54. The number of carbonyl (C=O) groups is 2. The van der Waals surface area contributed by atoms with Gasteiger partial charge in [0.25, 0.3) is 0 Å². The van der Waals surface area contributed by atoms with E-state index in [2.05, 4.69) is 4.99 Å². The molecule has 0 saturated carbocycles. The first-order valence-corrected chi connectivity index (χ1v) is 10.7. The Kier molecular flexibility index (Phi) is 6.47. The van der Waals surface area contributed by atoms with Crippen molar-refractivity contribution < 1.29 is 14.3 Å². The van der Waals surface area contributed by atoms with Crippen LogP contribution in [0.15, 0.2) is 51.6 Å². The van der Waals surface area contributed by atoms with Crippen LogP contribution in [-0.2, 0) is 14.3 Å². The Balaban J connectivity index is 2.05. The lowest BCUT2D eigenvalue weighted by Gasteiger charge is -2.36. The monoisotopic (exact) mass is 413 g/mol. The van der Waals surface area contributed by atoms with Gasteiger partial charge in [0.2, 0.25) is 5.91 Å². The second-order valence-electron chi connectivity index (χ2n) is 7.11. The molecule has 1 amide bonds. The molecule has 7 heteroatoms. The van der Waals surface area contributed by atoms with Crippen molar-refractivity contribution in [2.24, 2.45) is 4.99 Å². The van der Waals surface area contributed by atoms with Crippen molar-refractivity contribution in [2.45, 2.75) is 40.2 Å². The first kappa shape index (κ1) is 21.2. The van der Waals surface area contributed by atoms with Crippen LogP contribution in [0.1, 0.15) is 44.4 Å². The summed E-state index contributed by atoms with van der Waals surface area (Å²) in [4.78, 5) is 33.8. The summed E-state index contributed by atoms with van der Waals surface area (Å²) in [5.41, 5.74) is 4.13. The van der Waals surface area contributed by atoms with E-state index < -0.39 is 0 Å². The number of aliphatic imine (C=N–C) groups is 1. The number of aryl methyl sites for hydroxylation is 1. The molecule has 0 bridgehead atoms. The van der Waals surface area contributed by atoms with Crippen LogP contribution in [-0.4, -0.2) is 47.0 Å². The van der Waals surface area contributed by atoms with Gasteiger partial charge in [0.15, 0.2) is 5.17 Å². The Bertz CT molecular complexity index is 902. The van der Waals surface area contributed by atoms with Crippen molar-refractivity contribution in [3.63, 3.8) is 0 Å². The number of nitrogens with zero attached hydrogens (tertiary/aromatic N) is 3. The van der Waals surface area contributed by atoms with Crippen LogP contribution < -0.4 is 0 Å². The molecule has 1 aromatic rings. The molecule has 1 atom stereocenters. The van der Waals surface area contributed by atoms with Crippen LogP contribution in [0, 0.1) is 6.92 Å². The third kappa shape index (κ3) is 4.24. The third-order valence-electron chi connectivity index (χ3n) is 5.12. The van der Waals surface area contributed by atoms with Gasteiger partial charge in [0, 0.05) is 19.3 Å². The number of rotatable bonds is 6. The number of hydrogen-bond donors (Lipinski definition) is 0. The molecule has 0 radical (unpaired) electrons. The van der Waals surface area contributed by atoms with Gasteiger partial charge in [0.1, 0.15) is 0 Å². The van der Waals surface area contributed by atoms with Crippen molar-refractivity contribution in [1.82, 2.24) is 9.80 Å². The van der Waals surface area contributed by atoms with Crippen molar-refractivity contribution in [2.75, 3.05) is 20.2 Å². The number of amides is 1. The van der Waals surface area contributed by atoms with Gasteiger partial charge >= 0.3 is 5.97 Å². The minimum atomic E-state index is -0.372. The summed E-state index contributed by atoms with van der Waals surface area (Å²) in [6.07, 6.45) is 0.258. The fourth-order valence-corrected chi connectivity index (χ4v) is 4.33. The SMILES string of the molecule is CCOC(=O)C1=C(C)N=C2SC=C(CC(=O)N(C)CC)N2C1c1ccc(C)cc1. The highest BCUT2D eigenvalue weighted by Gasteiger charge is 2.41. The van der Waals surface area contributed by atoms with Gasteiger partial charge in [-0.25, -0.2) is 9.79 Å². The average molecular weight is 414 g/mol. The molecule has 6 nitrogen and oxygen atoms in total. The third-order valence-corrected chi connectivity index (χ3v) is 6.01. The Morgan fingerprint density at radius 1 is 1.21 bits per heavy atom. The molecule has 0 aliphatic carbocycles. The van der Waals surface area contributed by atoms with Gasteiger partial charge in [-0.05, 0) is 38.7 Å². The molecule has 0 fully saturated rings. The maximum absolute atomic E-state index is 12.9. The summed E-state index contributed by atoms with van der Waals surface area (Å²) >= 11 is 1.48. The molecule has 0 saturated heterocycles. The summed E-state index contributed by atoms with van der Waals surface area (Å²) in [5, 5.41) is 2.74. The van der Waals surface area contributed by atoms with E-state index in [1.54, 1.807) is 18.9 Å². The van der Waals surface area contributed by atoms with Gasteiger partial charge in [-0.3, -0.25) is 4.79 Å². The van der Waals surface area contributed by atoms with Crippen LogP contribution in [0.3, 0.4) is 0 Å². The van der Waals surface area contributed by atoms with Crippen molar-refractivity contribution in [1.29, 1.82) is 0 Å². The average Bonchev–Trinajstić information content (AvgIpc) is 3.09. The molecule has 1 unspecified atom stereocenters. The number of esters is 1. The van der Waals surface area contributed by atoms with Crippen LogP contribution in [0.4, 0.5) is 0 Å². The summed E-state index contributed by atoms with van der Waals surface area (Å²) < 4.78 is 5.35. The quantitative estimate of drug-likeness (QED) is 0.660. The second kappa shape index (κ2) is 8.86. The number of fused-ring (bicyclic) bond motifs is 1. The van der Waals surface area contributed by atoms with Gasteiger partial charge in [-0.15, -0.1) is 0 Å². The van der Waals surface area contributed by atoms with Gasteiger partial charge in [-0.2, -0.15) is 0 Å². The van der Waals surface area contributed by atoms with E-state index in [1.165, 1.54) is 11.8 Å². The maximum atomic E-state index is 12.9. The summed E-state index contributed by atoms with van der Waals surface area (Å²) in [5.74, 6) is -0.334. The zero-order chi connectivity index (χ0) is 21.1. The lowest BCUT2D eigenvalue weighted by Crippen LogP contribution is -2.38. The molecular weight excluding hydrogens is 386 g/mol. The number of carbonyl (C=O) groups excluding carboxylic acids is 2. The standard InChI is InChI=1S/C22H27N3O3S/c1-6-24(5)18(26)12-17-13-29-22-23-15(4)19(21(27)28-7-2)20(25(17)22)16-10-8-14(3)9-11-16/h8-11,13,20H,6-7,12H2,1-5H3. The van der Waals surface area contributed by atoms with Crippen LogP contribution in [0.5, 0.6) is 0 Å². The molecule has 2 aliphatic rings. The maximum Gasteiger partial charge on any atom is 0.338 e. The summed E-state index contributed by atoms with van der Waals surface area (Å²) in [6, 6.07) is 7.73. The highest BCUT2D eigenvalue weighted by Crippen LogP contribution is 2.44. The molecule has 154 valence electrons. The van der Waals surface area contributed by atoms with Gasteiger partial charge in [0.05, 0.1) is 30.3 Å². The van der Waals surface area contributed by atoms with Crippen LogP contribution >= 0.6 is 11.8 Å². The predicted molar refractivity (Wildman–Crippen MR) is 116 cm³/mol. The van der Waals surface area contributed by atoms with E-state index in [-0.39, 0.29) is 24.3 Å². The highest BCUT2D eigenvalue weighted by atomic mass is 32.2.